The summed E-state index contributed by atoms with van der Waals surface area (Å²) < 4.78 is 1.42. The molecule has 0 aliphatic rings. The van der Waals surface area contributed by atoms with Crippen LogP contribution in [-0.4, -0.2) is 26.6 Å². The second-order valence-electron chi connectivity index (χ2n) is 7.10. The van der Waals surface area contributed by atoms with Gasteiger partial charge in [-0.25, -0.2) is 4.79 Å². The summed E-state index contributed by atoms with van der Waals surface area (Å²) in [5.41, 5.74) is 3.88. The van der Waals surface area contributed by atoms with E-state index in [0.717, 1.165) is 16.7 Å². The molecule has 0 saturated heterocycles. The van der Waals surface area contributed by atoms with Crippen LogP contribution in [0.25, 0.3) is 0 Å². The number of aromatic nitrogens is 1. The molecule has 1 aromatic heterocycles. The molecule has 0 aliphatic heterocycles. The molecule has 30 heavy (non-hydrogen) atoms. The topological polar surface area (TPSA) is 91.9 Å². The summed E-state index contributed by atoms with van der Waals surface area (Å²) in [6.45, 7) is 1.95. The zero-order valence-corrected chi connectivity index (χ0v) is 17.3. The van der Waals surface area contributed by atoms with Crippen molar-refractivity contribution >= 4 is 23.3 Å². The van der Waals surface area contributed by atoms with Gasteiger partial charge in [0.25, 0.3) is 0 Å². The fourth-order valence-corrected chi connectivity index (χ4v) is 3.70. The van der Waals surface area contributed by atoms with Gasteiger partial charge in [-0.2, -0.15) is 0 Å². The van der Waals surface area contributed by atoms with Gasteiger partial charge in [-0.15, -0.1) is 0 Å². The number of hydrogen-bond acceptors (Lipinski definition) is 4. The Kier molecular flexibility index (Phi) is 6.37. The van der Waals surface area contributed by atoms with Crippen LogP contribution in [0.15, 0.2) is 70.7 Å². The van der Waals surface area contributed by atoms with Gasteiger partial charge < -0.3 is 14.9 Å². The normalized spacial score (nSPS) is 12.6. The van der Waals surface area contributed by atoms with Gasteiger partial charge in [0.1, 0.15) is 0 Å². The predicted octanol–water partition coefficient (Wildman–Crippen LogP) is 4.45. The number of halogens is 1. The van der Waals surface area contributed by atoms with Crippen molar-refractivity contribution in [2.45, 2.75) is 19.3 Å². The Hall–Kier alpha value is -3.38. The molecule has 3 rings (SSSR count). The first-order valence-electron chi connectivity index (χ1n) is 9.27. The Morgan fingerprint density at radius 3 is 2.33 bits per heavy atom. The van der Waals surface area contributed by atoms with Crippen LogP contribution in [0.3, 0.4) is 0 Å². The molecule has 3 aromatic rings. The van der Waals surface area contributed by atoms with Gasteiger partial charge in [-0.1, -0.05) is 35.0 Å². The van der Waals surface area contributed by atoms with E-state index >= 15 is 0 Å². The third-order valence-electron chi connectivity index (χ3n) is 5.10. The third-order valence-corrected chi connectivity index (χ3v) is 5.34. The summed E-state index contributed by atoms with van der Waals surface area (Å²) in [4.78, 5) is 22.9. The molecular weight excluding hydrogens is 404 g/mol. The maximum absolute atomic E-state index is 11.7. The first-order valence-corrected chi connectivity index (χ1v) is 9.65. The fraction of sp³-hybridized carbons (Fsp3) is 0.174. The first-order chi connectivity index (χ1) is 14.3. The lowest BCUT2D eigenvalue weighted by molar-refractivity contribution is 0.0697. The highest BCUT2D eigenvalue weighted by Crippen LogP contribution is 2.33. The van der Waals surface area contributed by atoms with Crippen LogP contribution in [0, 0.1) is 6.92 Å². The number of nitrogens with zero attached hydrogens (tertiary/aromatic N) is 2. The Bertz CT molecular complexity index is 1170. The van der Waals surface area contributed by atoms with Crippen LogP contribution in [0.2, 0.25) is 5.02 Å². The van der Waals surface area contributed by atoms with E-state index in [-0.39, 0.29) is 17.0 Å². The minimum atomic E-state index is -0.997. The van der Waals surface area contributed by atoms with E-state index in [4.69, 9.17) is 11.6 Å². The molecule has 6 nitrogen and oxygen atoms in total. The highest BCUT2D eigenvalue weighted by Gasteiger charge is 2.21. The molecule has 0 saturated carbocycles. The zero-order valence-electron chi connectivity index (χ0n) is 16.5. The fourth-order valence-electron chi connectivity index (χ4n) is 3.47. The van der Waals surface area contributed by atoms with Crippen molar-refractivity contribution in [2.24, 2.45) is 12.2 Å². The highest BCUT2D eigenvalue weighted by molar-refractivity contribution is 6.30. The second kappa shape index (κ2) is 8.97. The molecule has 1 unspecified atom stereocenters. The van der Waals surface area contributed by atoms with Gasteiger partial charge >= 0.3 is 5.97 Å². The van der Waals surface area contributed by atoms with Crippen molar-refractivity contribution in [1.82, 2.24) is 4.57 Å². The van der Waals surface area contributed by atoms with E-state index in [0.29, 0.717) is 22.7 Å². The minimum absolute atomic E-state index is 0.162. The van der Waals surface area contributed by atoms with Gasteiger partial charge in [-0.05, 0) is 53.9 Å². The van der Waals surface area contributed by atoms with E-state index in [9.17, 15) is 19.9 Å². The SMILES string of the molecule is Cc1cc(Cl)ccc1C(CC(=NO)c1ccc(=O)n(C)c1)c1ccc(C(=O)O)cc1. The van der Waals surface area contributed by atoms with Crippen molar-refractivity contribution in [3.8, 4) is 0 Å². The molecule has 154 valence electrons. The smallest absolute Gasteiger partial charge is 0.335 e. The minimum Gasteiger partial charge on any atom is -0.478 e. The van der Waals surface area contributed by atoms with Gasteiger partial charge in [0.2, 0.25) is 5.56 Å². The maximum Gasteiger partial charge on any atom is 0.335 e. The summed E-state index contributed by atoms with van der Waals surface area (Å²) >= 11 is 6.12. The molecule has 2 aromatic carbocycles. The summed E-state index contributed by atoms with van der Waals surface area (Å²) in [5.74, 6) is -1.21. The number of pyridine rings is 1. The molecule has 1 atom stereocenters. The van der Waals surface area contributed by atoms with Crippen LogP contribution < -0.4 is 5.56 Å². The number of aryl methyl sites for hydroxylation is 2. The Morgan fingerprint density at radius 2 is 1.77 bits per heavy atom. The molecule has 0 fully saturated rings. The predicted molar refractivity (Wildman–Crippen MR) is 116 cm³/mol. The molecule has 2 N–H and O–H groups in total. The van der Waals surface area contributed by atoms with Crippen LogP contribution in [-0.2, 0) is 7.05 Å². The average Bonchev–Trinajstić information content (AvgIpc) is 2.72. The quantitative estimate of drug-likeness (QED) is 0.347. The summed E-state index contributed by atoms with van der Waals surface area (Å²) in [5, 5.41) is 23.0. The number of carbonyl (C=O) groups is 1. The van der Waals surface area contributed by atoms with Crippen LogP contribution in [0.5, 0.6) is 0 Å². The zero-order chi connectivity index (χ0) is 21.8. The number of benzene rings is 2. The van der Waals surface area contributed by atoms with Crippen molar-refractivity contribution < 1.29 is 15.1 Å². The van der Waals surface area contributed by atoms with Crippen LogP contribution >= 0.6 is 11.6 Å². The molecule has 0 spiro atoms. The molecular formula is C23H21ClN2O4. The van der Waals surface area contributed by atoms with Crippen molar-refractivity contribution in [3.63, 3.8) is 0 Å². The second-order valence-corrected chi connectivity index (χ2v) is 7.53. The maximum atomic E-state index is 11.7. The van der Waals surface area contributed by atoms with Crippen molar-refractivity contribution in [3.05, 3.63) is 104 Å². The molecule has 0 amide bonds. The number of aromatic carboxylic acids is 1. The third kappa shape index (κ3) is 4.60. The number of rotatable bonds is 6. The number of hydrogen-bond donors (Lipinski definition) is 2. The van der Waals surface area contributed by atoms with E-state index in [2.05, 4.69) is 5.16 Å². The van der Waals surface area contributed by atoms with Crippen molar-refractivity contribution in [2.75, 3.05) is 0 Å². The molecule has 0 bridgehead atoms. The van der Waals surface area contributed by atoms with Crippen LogP contribution in [0.1, 0.15) is 45.0 Å². The Balaban J connectivity index is 2.07. The number of oxime groups is 1. The van der Waals surface area contributed by atoms with Crippen LogP contribution in [0.4, 0.5) is 0 Å². The first kappa shape index (κ1) is 21.3. The molecule has 7 heteroatoms. The monoisotopic (exact) mass is 424 g/mol. The lowest BCUT2D eigenvalue weighted by atomic mass is 9.83. The van der Waals surface area contributed by atoms with Crippen molar-refractivity contribution in [1.29, 1.82) is 0 Å². The van der Waals surface area contributed by atoms with E-state index in [1.807, 2.05) is 19.1 Å². The average molecular weight is 425 g/mol. The lowest BCUT2D eigenvalue weighted by Crippen LogP contribution is -2.18. The largest absolute Gasteiger partial charge is 0.478 e. The van der Waals surface area contributed by atoms with E-state index in [1.165, 1.54) is 10.6 Å². The van der Waals surface area contributed by atoms with Gasteiger partial charge in [0.05, 0.1) is 11.3 Å². The number of carboxylic acids is 1. The standard InChI is InChI=1S/C23H21ClN2O4/c1-14-11-18(24)8-9-19(14)20(15-3-5-16(6-4-15)23(28)29)12-21(25-30)17-7-10-22(27)26(2)13-17/h3-11,13,20,30H,12H2,1-2H3,(H,28,29). The summed E-state index contributed by atoms with van der Waals surface area (Å²) in [6, 6.07) is 15.2. The summed E-state index contributed by atoms with van der Waals surface area (Å²) in [7, 11) is 1.63. The van der Waals surface area contributed by atoms with Gasteiger partial charge in [0.15, 0.2) is 0 Å². The van der Waals surface area contributed by atoms with E-state index < -0.39 is 5.97 Å². The Labute approximate surface area is 178 Å². The molecule has 0 aliphatic carbocycles. The van der Waals surface area contributed by atoms with E-state index in [1.54, 1.807) is 49.6 Å². The molecule has 0 radical (unpaired) electrons. The molecule has 1 heterocycles. The summed E-state index contributed by atoms with van der Waals surface area (Å²) in [6.07, 6.45) is 1.96. The van der Waals surface area contributed by atoms with Gasteiger partial charge in [0, 0.05) is 42.2 Å². The lowest BCUT2D eigenvalue weighted by Gasteiger charge is -2.21. The highest BCUT2D eigenvalue weighted by atomic mass is 35.5. The van der Waals surface area contributed by atoms with Gasteiger partial charge in [-0.3, -0.25) is 4.79 Å². The number of carboxylic acid groups (broad SMARTS) is 1. The Morgan fingerprint density at radius 1 is 1.10 bits per heavy atom.